The number of hydrogen-bond acceptors (Lipinski definition) is 2. The maximum Gasteiger partial charge on any atom is 0.255 e. The Morgan fingerprint density at radius 2 is 1.62 bits per heavy atom. The van der Waals surface area contributed by atoms with Gasteiger partial charge in [-0.2, -0.15) is 0 Å². The molecule has 4 nitrogen and oxygen atoms in total. The number of carbonyl (C=O) groups excluding carboxylic acids is 1. The smallest absolute Gasteiger partial charge is 0.255 e. The molecule has 4 rings (SSSR count). The van der Waals surface area contributed by atoms with Crippen molar-refractivity contribution < 1.29 is 4.79 Å². The number of amides is 1. The fourth-order valence-electron chi connectivity index (χ4n) is 4.39. The molecule has 164 valence electrons. The number of fused-ring (bicyclic) bond motifs is 1. The van der Waals surface area contributed by atoms with Crippen molar-refractivity contribution in [3.05, 3.63) is 93.8 Å². The Hall–Kier alpha value is -3.11. The number of imidazole rings is 1. The third kappa shape index (κ3) is 4.03. The molecule has 0 atom stereocenters. The summed E-state index contributed by atoms with van der Waals surface area (Å²) in [6, 6.07) is 19.9. The SMILES string of the molecule is Cc1cc(C)c(C(=O)N(Cc2nc3ccccc3n2-c2ccccc2Cl)C(C)C)c(C)c1. The van der Waals surface area contributed by atoms with Gasteiger partial charge >= 0.3 is 0 Å². The van der Waals surface area contributed by atoms with Gasteiger partial charge in [-0.05, 0) is 70.0 Å². The number of rotatable bonds is 5. The van der Waals surface area contributed by atoms with Gasteiger partial charge in [0, 0.05) is 11.6 Å². The third-order valence-electron chi connectivity index (χ3n) is 5.81. The Morgan fingerprint density at radius 1 is 1.00 bits per heavy atom. The molecule has 0 saturated carbocycles. The summed E-state index contributed by atoms with van der Waals surface area (Å²) >= 11 is 6.57. The summed E-state index contributed by atoms with van der Waals surface area (Å²) in [7, 11) is 0. The summed E-state index contributed by atoms with van der Waals surface area (Å²) in [5, 5.41) is 0.643. The molecular formula is C27H28ClN3O. The minimum atomic E-state index is 0.00195. The zero-order chi connectivity index (χ0) is 23.0. The maximum atomic E-state index is 13.7. The summed E-state index contributed by atoms with van der Waals surface area (Å²) in [5.74, 6) is 0.802. The Balaban J connectivity index is 1.83. The zero-order valence-corrected chi connectivity index (χ0v) is 19.9. The Labute approximate surface area is 194 Å². The molecule has 32 heavy (non-hydrogen) atoms. The average molecular weight is 446 g/mol. The first-order valence-corrected chi connectivity index (χ1v) is 11.3. The summed E-state index contributed by atoms with van der Waals surface area (Å²) in [6.45, 7) is 10.5. The molecule has 0 radical (unpaired) electrons. The van der Waals surface area contributed by atoms with Crippen LogP contribution in [0, 0.1) is 20.8 Å². The highest BCUT2D eigenvalue weighted by atomic mass is 35.5. The van der Waals surface area contributed by atoms with E-state index in [0.717, 1.165) is 44.8 Å². The minimum absolute atomic E-state index is 0.00195. The highest BCUT2D eigenvalue weighted by Gasteiger charge is 2.25. The molecule has 1 aromatic heterocycles. The van der Waals surface area contributed by atoms with E-state index in [-0.39, 0.29) is 11.9 Å². The van der Waals surface area contributed by atoms with Gasteiger partial charge < -0.3 is 4.90 Å². The molecule has 0 aliphatic carbocycles. The van der Waals surface area contributed by atoms with Crippen LogP contribution >= 0.6 is 11.6 Å². The largest absolute Gasteiger partial charge is 0.329 e. The van der Waals surface area contributed by atoms with E-state index in [1.807, 2.05) is 81.1 Å². The van der Waals surface area contributed by atoms with Crippen molar-refractivity contribution in [2.75, 3.05) is 0 Å². The highest BCUT2D eigenvalue weighted by Crippen LogP contribution is 2.28. The molecule has 0 spiro atoms. The minimum Gasteiger partial charge on any atom is -0.329 e. The summed E-state index contributed by atoms with van der Waals surface area (Å²) in [5.41, 5.74) is 6.63. The van der Waals surface area contributed by atoms with Crippen molar-refractivity contribution in [3.63, 3.8) is 0 Å². The number of halogens is 1. The molecule has 3 aromatic carbocycles. The van der Waals surface area contributed by atoms with Crippen LogP contribution in [0.3, 0.4) is 0 Å². The summed E-state index contributed by atoms with van der Waals surface area (Å²) < 4.78 is 2.06. The summed E-state index contributed by atoms with van der Waals surface area (Å²) in [4.78, 5) is 20.5. The first kappa shape index (κ1) is 22.1. The average Bonchev–Trinajstić information content (AvgIpc) is 3.09. The maximum absolute atomic E-state index is 13.7. The van der Waals surface area contributed by atoms with Gasteiger partial charge in [0.2, 0.25) is 0 Å². The van der Waals surface area contributed by atoms with Crippen LogP contribution in [0.15, 0.2) is 60.7 Å². The molecule has 0 fully saturated rings. The molecule has 0 aliphatic heterocycles. The van der Waals surface area contributed by atoms with E-state index in [2.05, 4.69) is 23.6 Å². The molecule has 0 aliphatic rings. The molecule has 1 amide bonds. The van der Waals surface area contributed by atoms with Crippen molar-refractivity contribution in [1.29, 1.82) is 0 Å². The van der Waals surface area contributed by atoms with Gasteiger partial charge in [-0.15, -0.1) is 0 Å². The molecule has 4 aromatic rings. The van der Waals surface area contributed by atoms with Gasteiger partial charge in [-0.25, -0.2) is 4.98 Å². The Bertz CT molecular complexity index is 1280. The van der Waals surface area contributed by atoms with Crippen LogP contribution in [-0.4, -0.2) is 26.4 Å². The van der Waals surface area contributed by atoms with Gasteiger partial charge in [0.15, 0.2) is 0 Å². The van der Waals surface area contributed by atoms with Crippen molar-refractivity contribution in [2.45, 2.75) is 47.2 Å². The molecule has 5 heteroatoms. The topological polar surface area (TPSA) is 38.1 Å². The van der Waals surface area contributed by atoms with Gasteiger partial charge in [0.1, 0.15) is 5.82 Å². The lowest BCUT2D eigenvalue weighted by Gasteiger charge is -2.28. The van der Waals surface area contributed by atoms with E-state index in [4.69, 9.17) is 16.6 Å². The third-order valence-corrected chi connectivity index (χ3v) is 6.13. The van der Waals surface area contributed by atoms with E-state index in [1.165, 1.54) is 0 Å². The van der Waals surface area contributed by atoms with Crippen LogP contribution in [0.1, 0.15) is 46.7 Å². The van der Waals surface area contributed by atoms with Crippen LogP contribution in [-0.2, 0) is 6.54 Å². The Kier molecular flexibility index (Phi) is 6.07. The van der Waals surface area contributed by atoms with Crippen LogP contribution in [0.5, 0.6) is 0 Å². The second kappa shape index (κ2) is 8.79. The monoisotopic (exact) mass is 445 g/mol. The van der Waals surface area contributed by atoms with Crippen LogP contribution in [0.25, 0.3) is 16.7 Å². The predicted molar refractivity (Wildman–Crippen MR) is 132 cm³/mol. The van der Waals surface area contributed by atoms with Gasteiger partial charge in [0.05, 0.1) is 28.3 Å². The number of benzene rings is 3. The predicted octanol–water partition coefficient (Wildman–Crippen LogP) is 6.65. The molecule has 0 unspecified atom stereocenters. The van der Waals surface area contributed by atoms with E-state index in [0.29, 0.717) is 11.6 Å². The van der Waals surface area contributed by atoms with Crippen LogP contribution in [0.4, 0.5) is 0 Å². The number of aryl methyl sites for hydroxylation is 3. The van der Waals surface area contributed by atoms with Crippen molar-refractivity contribution in [1.82, 2.24) is 14.5 Å². The number of para-hydroxylation sites is 3. The van der Waals surface area contributed by atoms with Crippen LogP contribution in [0.2, 0.25) is 5.02 Å². The van der Waals surface area contributed by atoms with Gasteiger partial charge in [0.25, 0.3) is 5.91 Å². The molecular weight excluding hydrogens is 418 g/mol. The number of aromatic nitrogens is 2. The molecule has 1 heterocycles. The lowest BCUT2D eigenvalue weighted by Crippen LogP contribution is -2.38. The fraction of sp³-hybridized carbons (Fsp3) is 0.259. The van der Waals surface area contributed by atoms with Crippen molar-refractivity contribution in [3.8, 4) is 5.69 Å². The number of nitrogens with zero attached hydrogens (tertiary/aromatic N) is 3. The Morgan fingerprint density at radius 3 is 2.28 bits per heavy atom. The van der Waals surface area contributed by atoms with E-state index >= 15 is 0 Å². The number of carbonyl (C=O) groups is 1. The second-order valence-electron chi connectivity index (χ2n) is 8.60. The lowest BCUT2D eigenvalue weighted by molar-refractivity contribution is 0.0683. The fourth-order valence-corrected chi connectivity index (χ4v) is 4.61. The first-order chi connectivity index (χ1) is 15.3. The lowest BCUT2D eigenvalue weighted by atomic mass is 9.98. The normalized spacial score (nSPS) is 11.3. The zero-order valence-electron chi connectivity index (χ0n) is 19.2. The molecule has 0 bridgehead atoms. The molecule has 0 N–H and O–H groups in total. The van der Waals surface area contributed by atoms with E-state index in [1.54, 1.807) is 0 Å². The highest BCUT2D eigenvalue weighted by molar-refractivity contribution is 6.32. The van der Waals surface area contributed by atoms with Gasteiger partial charge in [-0.1, -0.05) is 53.6 Å². The standard InChI is InChI=1S/C27H28ClN3O/c1-17(2)30(27(32)26-19(4)14-18(3)15-20(26)5)16-25-29-22-11-7-9-13-24(22)31(25)23-12-8-6-10-21(23)28/h6-15,17H,16H2,1-5H3. The van der Waals surface area contributed by atoms with Gasteiger partial charge in [-0.3, -0.25) is 9.36 Å². The first-order valence-electron chi connectivity index (χ1n) is 10.9. The summed E-state index contributed by atoms with van der Waals surface area (Å²) in [6.07, 6.45) is 0. The quantitative estimate of drug-likeness (QED) is 0.344. The second-order valence-corrected chi connectivity index (χ2v) is 9.01. The van der Waals surface area contributed by atoms with E-state index < -0.39 is 0 Å². The van der Waals surface area contributed by atoms with Crippen LogP contribution < -0.4 is 0 Å². The van der Waals surface area contributed by atoms with Crippen molar-refractivity contribution in [2.24, 2.45) is 0 Å². The van der Waals surface area contributed by atoms with E-state index in [9.17, 15) is 4.79 Å². The van der Waals surface area contributed by atoms with Crippen molar-refractivity contribution >= 4 is 28.5 Å². The number of hydrogen-bond donors (Lipinski definition) is 0. The molecule has 0 saturated heterocycles.